The van der Waals surface area contributed by atoms with Crippen molar-refractivity contribution in [3.63, 3.8) is 0 Å². The minimum absolute atomic E-state index is 0.112. The number of amides is 2. The Hall–Kier alpha value is -2.51. The van der Waals surface area contributed by atoms with Crippen molar-refractivity contribution in [2.45, 2.75) is 34.6 Å². The van der Waals surface area contributed by atoms with E-state index in [0.717, 1.165) is 11.4 Å². The Morgan fingerprint density at radius 1 is 1.00 bits per heavy atom. The molecule has 0 N–H and O–H groups in total. The van der Waals surface area contributed by atoms with Crippen LogP contribution in [0.25, 0.3) is 5.78 Å². The second-order valence-electron chi connectivity index (χ2n) is 7.52. The number of rotatable bonds is 1. The van der Waals surface area contributed by atoms with E-state index in [1.807, 2.05) is 45.6 Å². The molecule has 1 aliphatic rings. The first-order valence-corrected chi connectivity index (χ1v) is 8.46. The highest BCUT2D eigenvalue weighted by Crippen LogP contribution is 2.19. The van der Waals surface area contributed by atoms with Crippen molar-refractivity contribution >= 4 is 17.6 Å². The van der Waals surface area contributed by atoms with Gasteiger partial charge in [-0.1, -0.05) is 20.8 Å². The van der Waals surface area contributed by atoms with Crippen molar-refractivity contribution in [2.75, 3.05) is 26.2 Å². The molecule has 2 amide bonds. The maximum absolute atomic E-state index is 12.7. The Morgan fingerprint density at radius 2 is 1.60 bits per heavy atom. The van der Waals surface area contributed by atoms with Gasteiger partial charge >= 0.3 is 0 Å². The van der Waals surface area contributed by atoms with Crippen LogP contribution in [0.3, 0.4) is 0 Å². The van der Waals surface area contributed by atoms with Crippen molar-refractivity contribution in [1.29, 1.82) is 0 Å². The summed E-state index contributed by atoms with van der Waals surface area (Å²) in [5, 5.41) is 4.29. The lowest BCUT2D eigenvalue weighted by molar-refractivity contribution is -0.140. The molecule has 0 bridgehead atoms. The lowest BCUT2D eigenvalue weighted by Gasteiger charge is -2.37. The molecule has 3 heterocycles. The van der Waals surface area contributed by atoms with E-state index >= 15 is 0 Å². The Bertz CT molecular complexity index is 828. The SMILES string of the molecule is Cc1cc(C)n2nc(C(=O)N3CCN(C(=O)C(C)(C)C)CC3)nc2n1. The number of aromatic nitrogens is 4. The third-order valence-corrected chi connectivity index (χ3v) is 4.31. The summed E-state index contributed by atoms with van der Waals surface area (Å²) in [6, 6.07) is 1.90. The van der Waals surface area contributed by atoms with Crippen LogP contribution in [0.4, 0.5) is 0 Å². The van der Waals surface area contributed by atoms with Crippen LogP contribution in [0.15, 0.2) is 6.07 Å². The van der Waals surface area contributed by atoms with E-state index in [2.05, 4.69) is 15.1 Å². The maximum atomic E-state index is 12.7. The first-order chi connectivity index (χ1) is 11.7. The number of piperazine rings is 1. The zero-order valence-electron chi connectivity index (χ0n) is 15.4. The number of aryl methyl sites for hydroxylation is 2. The highest BCUT2D eigenvalue weighted by molar-refractivity contribution is 5.91. The molecule has 0 saturated carbocycles. The second kappa shape index (κ2) is 6.09. The van der Waals surface area contributed by atoms with E-state index < -0.39 is 5.41 Å². The molecule has 0 atom stereocenters. The van der Waals surface area contributed by atoms with Gasteiger partial charge in [0.25, 0.3) is 11.7 Å². The van der Waals surface area contributed by atoms with Gasteiger partial charge in [-0.3, -0.25) is 9.59 Å². The van der Waals surface area contributed by atoms with Gasteiger partial charge in [0.05, 0.1) is 0 Å². The largest absolute Gasteiger partial charge is 0.339 e. The molecule has 0 aliphatic carbocycles. The summed E-state index contributed by atoms with van der Waals surface area (Å²) in [7, 11) is 0. The van der Waals surface area contributed by atoms with E-state index in [9.17, 15) is 9.59 Å². The van der Waals surface area contributed by atoms with Gasteiger partial charge in [-0.15, -0.1) is 5.10 Å². The van der Waals surface area contributed by atoms with Gasteiger partial charge < -0.3 is 9.80 Å². The normalized spacial score (nSPS) is 15.7. The highest BCUT2D eigenvalue weighted by Gasteiger charge is 2.32. The molecule has 0 spiro atoms. The summed E-state index contributed by atoms with van der Waals surface area (Å²) in [6.45, 7) is 11.6. The monoisotopic (exact) mass is 344 g/mol. The predicted octanol–water partition coefficient (Wildman–Crippen LogP) is 1.07. The van der Waals surface area contributed by atoms with Crippen LogP contribution in [-0.2, 0) is 4.79 Å². The minimum Gasteiger partial charge on any atom is -0.339 e. The molecular weight excluding hydrogens is 320 g/mol. The maximum Gasteiger partial charge on any atom is 0.293 e. The van der Waals surface area contributed by atoms with E-state index in [-0.39, 0.29) is 17.6 Å². The van der Waals surface area contributed by atoms with Crippen LogP contribution in [-0.4, -0.2) is 67.4 Å². The average molecular weight is 344 g/mol. The standard InChI is InChI=1S/C17H24N6O2/c1-11-10-12(2)23-16(18-11)19-13(20-23)14(24)21-6-8-22(9-7-21)15(25)17(3,4)5/h10H,6-9H2,1-5H3. The van der Waals surface area contributed by atoms with Crippen LogP contribution < -0.4 is 0 Å². The van der Waals surface area contributed by atoms with Gasteiger partial charge in [0.1, 0.15) is 0 Å². The summed E-state index contributed by atoms with van der Waals surface area (Å²) in [5.74, 6) is 0.477. The van der Waals surface area contributed by atoms with Crippen LogP contribution >= 0.6 is 0 Å². The van der Waals surface area contributed by atoms with E-state index in [1.165, 1.54) is 0 Å². The van der Waals surface area contributed by atoms with Crippen LogP contribution in [0.5, 0.6) is 0 Å². The third-order valence-electron chi connectivity index (χ3n) is 4.31. The fraction of sp³-hybridized carbons (Fsp3) is 0.588. The fourth-order valence-electron chi connectivity index (χ4n) is 2.99. The number of nitrogens with zero attached hydrogens (tertiary/aromatic N) is 6. The number of fused-ring (bicyclic) bond motifs is 1. The molecule has 2 aromatic heterocycles. The van der Waals surface area contributed by atoms with Crippen LogP contribution in [0, 0.1) is 19.3 Å². The van der Waals surface area contributed by atoms with Gasteiger partial charge in [0.15, 0.2) is 0 Å². The van der Waals surface area contributed by atoms with Crippen molar-refractivity contribution in [3.05, 3.63) is 23.3 Å². The average Bonchev–Trinajstić information content (AvgIpc) is 2.97. The number of carbonyl (C=O) groups is 2. The lowest BCUT2D eigenvalue weighted by atomic mass is 9.94. The zero-order valence-corrected chi connectivity index (χ0v) is 15.4. The molecule has 0 aromatic carbocycles. The molecule has 3 rings (SSSR count). The Morgan fingerprint density at radius 3 is 2.20 bits per heavy atom. The molecule has 8 heteroatoms. The molecular formula is C17H24N6O2. The molecule has 0 unspecified atom stereocenters. The first kappa shape index (κ1) is 17.3. The van der Waals surface area contributed by atoms with Gasteiger partial charge in [-0.25, -0.2) is 9.50 Å². The summed E-state index contributed by atoms with van der Waals surface area (Å²) >= 11 is 0. The number of carbonyl (C=O) groups excluding carboxylic acids is 2. The molecule has 2 aromatic rings. The summed E-state index contributed by atoms with van der Waals surface area (Å²) < 4.78 is 1.58. The summed E-state index contributed by atoms with van der Waals surface area (Å²) in [6.07, 6.45) is 0. The number of hydrogen-bond donors (Lipinski definition) is 0. The highest BCUT2D eigenvalue weighted by atomic mass is 16.2. The zero-order chi connectivity index (χ0) is 18.4. The first-order valence-electron chi connectivity index (χ1n) is 8.46. The quantitative estimate of drug-likeness (QED) is 0.773. The minimum atomic E-state index is -0.406. The Kier molecular flexibility index (Phi) is 4.22. The molecule has 1 saturated heterocycles. The van der Waals surface area contributed by atoms with Gasteiger partial charge in [-0.2, -0.15) is 4.98 Å². The van der Waals surface area contributed by atoms with Gasteiger partial charge in [-0.05, 0) is 19.9 Å². The Labute approximate surface area is 146 Å². The molecule has 25 heavy (non-hydrogen) atoms. The topological polar surface area (TPSA) is 83.7 Å². The Balaban J connectivity index is 1.73. The van der Waals surface area contributed by atoms with Crippen molar-refractivity contribution in [3.8, 4) is 0 Å². The molecule has 0 radical (unpaired) electrons. The second-order valence-corrected chi connectivity index (χ2v) is 7.52. The fourth-order valence-corrected chi connectivity index (χ4v) is 2.99. The summed E-state index contributed by atoms with van der Waals surface area (Å²) in [4.78, 5) is 37.1. The molecule has 1 aliphatic heterocycles. The van der Waals surface area contributed by atoms with Crippen molar-refractivity contribution in [2.24, 2.45) is 5.41 Å². The molecule has 8 nitrogen and oxygen atoms in total. The van der Waals surface area contributed by atoms with E-state index in [0.29, 0.717) is 32.0 Å². The lowest BCUT2D eigenvalue weighted by Crippen LogP contribution is -2.53. The van der Waals surface area contributed by atoms with Crippen molar-refractivity contribution < 1.29 is 9.59 Å². The van der Waals surface area contributed by atoms with E-state index in [4.69, 9.17) is 0 Å². The molecule has 1 fully saturated rings. The third kappa shape index (κ3) is 3.33. The van der Waals surface area contributed by atoms with Crippen LogP contribution in [0.2, 0.25) is 0 Å². The van der Waals surface area contributed by atoms with Gasteiger partial charge in [0, 0.05) is 43.0 Å². The summed E-state index contributed by atoms with van der Waals surface area (Å²) in [5.41, 5.74) is 1.32. The molecule has 134 valence electrons. The van der Waals surface area contributed by atoms with Crippen LogP contribution in [0.1, 0.15) is 42.8 Å². The van der Waals surface area contributed by atoms with Crippen molar-refractivity contribution in [1.82, 2.24) is 29.4 Å². The van der Waals surface area contributed by atoms with Gasteiger partial charge in [0.2, 0.25) is 11.7 Å². The number of hydrogen-bond acceptors (Lipinski definition) is 5. The predicted molar refractivity (Wildman–Crippen MR) is 92.2 cm³/mol. The smallest absolute Gasteiger partial charge is 0.293 e. The van der Waals surface area contributed by atoms with E-state index in [1.54, 1.807) is 9.42 Å².